The lowest BCUT2D eigenvalue weighted by Gasteiger charge is -2.08. The first-order valence-electron chi connectivity index (χ1n) is 5.64. The van der Waals surface area contributed by atoms with Crippen LogP contribution in [-0.2, 0) is 5.75 Å². The van der Waals surface area contributed by atoms with Crippen molar-refractivity contribution in [2.24, 2.45) is 0 Å². The van der Waals surface area contributed by atoms with Gasteiger partial charge in [-0.15, -0.1) is 0 Å². The Balaban J connectivity index is 2.19. The molecule has 0 fully saturated rings. The van der Waals surface area contributed by atoms with Crippen LogP contribution in [0.25, 0.3) is 0 Å². The summed E-state index contributed by atoms with van der Waals surface area (Å²) in [6, 6.07) is 9.73. The summed E-state index contributed by atoms with van der Waals surface area (Å²) >= 11 is 7.49. The number of thioether (sulfide) groups is 1. The highest BCUT2D eigenvalue weighted by molar-refractivity contribution is 7.98. The van der Waals surface area contributed by atoms with Gasteiger partial charge in [0.2, 0.25) is 0 Å². The quantitative estimate of drug-likeness (QED) is 0.484. The molecule has 1 aromatic carbocycles. The molecule has 0 aliphatic carbocycles. The molecule has 0 radical (unpaired) electrons. The Morgan fingerprint density at radius 2 is 2.06 bits per heavy atom. The number of hydrogen-bond acceptors (Lipinski definition) is 2. The van der Waals surface area contributed by atoms with Crippen molar-refractivity contribution in [1.82, 2.24) is 0 Å². The van der Waals surface area contributed by atoms with E-state index < -0.39 is 0 Å². The summed E-state index contributed by atoms with van der Waals surface area (Å²) in [6.07, 6.45) is 1.47. The first kappa shape index (κ1) is 13.2. The van der Waals surface area contributed by atoms with Gasteiger partial charge in [-0.25, -0.2) is 0 Å². The molecule has 0 N–H and O–H groups in total. The van der Waals surface area contributed by atoms with Gasteiger partial charge in [0.15, 0.2) is 6.20 Å². The second-order valence-electron chi connectivity index (χ2n) is 4.21. The third-order valence-corrected chi connectivity index (χ3v) is 4.28. The number of halogens is 1. The molecule has 18 heavy (non-hydrogen) atoms. The Labute approximate surface area is 116 Å². The van der Waals surface area contributed by atoms with E-state index in [2.05, 4.69) is 32.0 Å². The van der Waals surface area contributed by atoms with Crippen LogP contribution in [0.15, 0.2) is 41.6 Å². The van der Waals surface area contributed by atoms with E-state index in [1.807, 2.05) is 0 Å². The van der Waals surface area contributed by atoms with Crippen LogP contribution in [0.4, 0.5) is 0 Å². The van der Waals surface area contributed by atoms with Crippen LogP contribution in [0.3, 0.4) is 0 Å². The number of aromatic nitrogens is 1. The van der Waals surface area contributed by atoms with Crippen molar-refractivity contribution >= 4 is 23.4 Å². The molecule has 2 aromatic rings. The minimum Gasteiger partial charge on any atom is -0.618 e. The fourth-order valence-electron chi connectivity index (χ4n) is 1.68. The second kappa shape index (κ2) is 5.63. The van der Waals surface area contributed by atoms with Gasteiger partial charge in [-0.05, 0) is 42.8 Å². The van der Waals surface area contributed by atoms with Gasteiger partial charge in [-0.1, -0.05) is 35.4 Å². The zero-order valence-electron chi connectivity index (χ0n) is 10.3. The molecule has 0 bridgehead atoms. The summed E-state index contributed by atoms with van der Waals surface area (Å²) in [5.74, 6) is 0.749. The molecule has 0 atom stereocenters. The Kier molecular flexibility index (Phi) is 4.15. The number of rotatable bonds is 3. The first-order valence-corrected chi connectivity index (χ1v) is 7.01. The van der Waals surface area contributed by atoms with E-state index in [-0.39, 0.29) is 0 Å². The Bertz CT molecular complexity index is 551. The Morgan fingerprint density at radius 3 is 2.78 bits per heavy atom. The lowest BCUT2D eigenvalue weighted by molar-refractivity contribution is -0.645. The standard InChI is InChI=1S/C14H14ClNOS/c1-10-5-6-11(2)12(8-10)9-18-14-13(15)4-3-7-16(14)17/h3-8H,9H2,1-2H3. The van der Waals surface area contributed by atoms with Crippen molar-refractivity contribution in [3.8, 4) is 0 Å². The highest BCUT2D eigenvalue weighted by atomic mass is 35.5. The molecule has 0 amide bonds. The zero-order chi connectivity index (χ0) is 13.1. The van der Waals surface area contributed by atoms with Gasteiger partial charge >= 0.3 is 0 Å². The molecule has 1 aromatic heterocycles. The van der Waals surface area contributed by atoms with Crippen molar-refractivity contribution in [2.75, 3.05) is 0 Å². The van der Waals surface area contributed by atoms with E-state index in [4.69, 9.17) is 11.6 Å². The average molecular weight is 280 g/mol. The highest BCUT2D eigenvalue weighted by Crippen LogP contribution is 2.27. The van der Waals surface area contributed by atoms with E-state index in [0.717, 1.165) is 10.5 Å². The molecular formula is C14H14ClNOS. The van der Waals surface area contributed by atoms with Crippen molar-refractivity contribution < 1.29 is 4.73 Å². The predicted octanol–water partition coefficient (Wildman–Crippen LogP) is 3.88. The van der Waals surface area contributed by atoms with Gasteiger partial charge in [0, 0.05) is 11.8 Å². The predicted molar refractivity (Wildman–Crippen MR) is 75.9 cm³/mol. The lowest BCUT2D eigenvalue weighted by Crippen LogP contribution is -2.28. The summed E-state index contributed by atoms with van der Waals surface area (Å²) in [5, 5.41) is 12.7. The average Bonchev–Trinajstić information content (AvgIpc) is 2.33. The number of nitrogens with zero attached hydrogens (tertiary/aromatic N) is 1. The summed E-state index contributed by atoms with van der Waals surface area (Å²) in [7, 11) is 0. The summed E-state index contributed by atoms with van der Waals surface area (Å²) in [6.45, 7) is 4.14. The van der Waals surface area contributed by atoms with Crippen LogP contribution in [0, 0.1) is 19.1 Å². The van der Waals surface area contributed by atoms with Crippen molar-refractivity contribution in [1.29, 1.82) is 0 Å². The van der Waals surface area contributed by atoms with Gasteiger partial charge in [0.1, 0.15) is 5.02 Å². The molecule has 2 nitrogen and oxygen atoms in total. The fraction of sp³-hybridized carbons (Fsp3) is 0.214. The maximum atomic E-state index is 11.6. The highest BCUT2D eigenvalue weighted by Gasteiger charge is 2.12. The summed E-state index contributed by atoms with van der Waals surface area (Å²) < 4.78 is 0.818. The molecule has 2 rings (SSSR count). The van der Waals surface area contributed by atoms with Crippen LogP contribution in [0.1, 0.15) is 16.7 Å². The zero-order valence-corrected chi connectivity index (χ0v) is 11.9. The number of benzene rings is 1. The van der Waals surface area contributed by atoms with E-state index in [1.165, 1.54) is 34.6 Å². The maximum absolute atomic E-state index is 11.6. The minimum atomic E-state index is 0.503. The van der Waals surface area contributed by atoms with Crippen LogP contribution in [0.2, 0.25) is 5.02 Å². The van der Waals surface area contributed by atoms with Crippen LogP contribution in [0.5, 0.6) is 0 Å². The first-order chi connectivity index (χ1) is 8.58. The SMILES string of the molecule is Cc1ccc(C)c(CSc2c(Cl)ccc[n+]2[O-])c1. The molecule has 0 spiro atoms. The van der Waals surface area contributed by atoms with Crippen molar-refractivity contribution in [2.45, 2.75) is 24.6 Å². The van der Waals surface area contributed by atoms with Gasteiger partial charge in [0.25, 0.3) is 5.03 Å². The summed E-state index contributed by atoms with van der Waals surface area (Å²) in [5.41, 5.74) is 3.70. The van der Waals surface area contributed by atoms with E-state index in [9.17, 15) is 5.21 Å². The molecule has 4 heteroatoms. The molecule has 94 valence electrons. The number of pyridine rings is 1. The van der Waals surface area contributed by atoms with Crippen molar-refractivity contribution in [3.05, 3.63) is 63.4 Å². The van der Waals surface area contributed by atoms with Crippen LogP contribution < -0.4 is 4.73 Å². The normalized spacial score (nSPS) is 10.6. The second-order valence-corrected chi connectivity index (χ2v) is 5.58. The minimum absolute atomic E-state index is 0.503. The van der Waals surface area contributed by atoms with Gasteiger partial charge in [0.05, 0.1) is 0 Å². The van der Waals surface area contributed by atoms with Crippen LogP contribution in [-0.4, -0.2) is 0 Å². The van der Waals surface area contributed by atoms with Gasteiger partial charge < -0.3 is 5.21 Å². The molecule has 0 aliphatic rings. The molecule has 0 aliphatic heterocycles. The van der Waals surface area contributed by atoms with Crippen molar-refractivity contribution in [3.63, 3.8) is 0 Å². The van der Waals surface area contributed by atoms with E-state index >= 15 is 0 Å². The van der Waals surface area contributed by atoms with Crippen LogP contribution >= 0.6 is 23.4 Å². The Hall–Kier alpha value is -1.19. The molecule has 0 saturated heterocycles. The summed E-state index contributed by atoms with van der Waals surface area (Å²) in [4.78, 5) is 0. The third kappa shape index (κ3) is 2.98. The number of aryl methyl sites for hydroxylation is 2. The number of hydrogen-bond donors (Lipinski definition) is 0. The van der Waals surface area contributed by atoms with E-state index in [0.29, 0.717) is 10.0 Å². The molecule has 0 saturated carbocycles. The van der Waals surface area contributed by atoms with Gasteiger partial charge in [-0.3, -0.25) is 0 Å². The largest absolute Gasteiger partial charge is 0.618 e. The lowest BCUT2D eigenvalue weighted by atomic mass is 10.1. The smallest absolute Gasteiger partial charge is 0.270 e. The van der Waals surface area contributed by atoms with E-state index in [1.54, 1.807) is 12.1 Å². The van der Waals surface area contributed by atoms with Gasteiger partial charge in [-0.2, -0.15) is 4.73 Å². The molecule has 1 heterocycles. The third-order valence-electron chi connectivity index (χ3n) is 2.74. The monoisotopic (exact) mass is 279 g/mol. The molecular weight excluding hydrogens is 266 g/mol. The Morgan fingerprint density at radius 1 is 1.28 bits per heavy atom. The molecule has 0 unspecified atom stereocenters. The maximum Gasteiger partial charge on any atom is 0.270 e. The topological polar surface area (TPSA) is 26.9 Å². The fourth-order valence-corrected chi connectivity index (χ4v) is 3.00.